The summed E-state index contributed by atoms with van der Waals surface area (Å²) >= 11 is 0. The quantitative estimate of drug-likeness (QED) is 0.765. The zero-order chi connectivity index (χ0) is 18.8. The van der Waals surface area contributed by atoms with Gasteiger partial charge in [-0.15, -0.1) is 12.4 Å². The smallest absolute Gasteiger partial charge is 0.339 e. The molecule has 1 heterocycles. The highest BCUT2D eigenvalue weighted by atomic mass is 35.5. The molecule has 148 valence electrons. The lowest BCUT2D eigenvalue weighted by Gasteiger charge is -2.32. The van der Waals surface area contributed by atoms with Gasteiger partial charge in [0.1, 0.15) is 0 Å². The van der Waals surface area contributed by atoms with Gasteiger partial charge in [-0.05, 0) is 50.6 Å². The lowest BCUT2D eigenvalue weighted by Crippen LogP contribution is -2.40. The predicted octanol–water partition coefficient (Wildman–Crippen LogP) is 4.22. The Kier molecular flexibility index (Phi) is 7.35. The minimum Gasteiger partial charge on any atom is -0.339 e. The second-order valence-corrected chi connectivity index (χ2v) is 6.09. The lowest BCUT2D eigenvalue weighted by molar-refractivity contribution is -0.143. The van der Waals surface area contributed by atoms with E-state index in [2.05, 4.69) is 5.32 Å². The molecule has 2 rings (SSSR count). The van der Waals surface area contributed by atoms with Gasteiger partial charge < -0.3 is 10.2 Å². The van der Waals surface area contributed by atoms with Crippen LogP contribution in [0.3, 0.4) is 0 Å². The van der Waals surface area contributed by atoms with Gasteiger partial charge in [0.2, 0.25) is 0 Å². The topological polar surface area (TPSA) is 32.3 Å². The molecule has 0 saturated carbocycles. The van der Waals surface area contributed by atoms with Crippen LogP contribution >= 0.6 is 12.4 Å². The first-order valence-corrected chi connectivity index (χ1v) is 7.75. The molecule has 1 saturated heterocycles. The van der Waals surface area contributed by atoms with Gasteiger partial charge in [0.15, 0.2) is 0 Å². The van der Waals surface area contributed by atoms with Crippen molar-refractivity contribution < 1.29 is 31.1 Å². The number of nitrogens with one attached hydrogen (secondary N) is 1. The monoisotopic (exact) mass is 404 g/mol. The van der Waals surface area contributed by atoms with Crippen LogP contribution in [0.15, 0.2) is 18.2 Å². The molecule has 1 amide bonds. The van der Waals surface area contributed by atoms with Crippen molar-refractivity contribution in [2.24, 2.45) is 5.92 Å². The molecular formula is C16H19ClF6N2O. The van der Waals surface area contributed by atoms with E-state index in [0.29, 0.717) is 44.0 Å². The minimum atomic E-state index is -4.96. The molecule has 3 nitrogen and oxygen atoms in total. The number of carbonyl (C=O) groups is 1. The number of halogens is 7. The predicted molar refractivity (Wildman–Crippen MR) is 86.2 cm³/mol. The Bertz CT molecular complexity index is 592. The summed E-state index contributed by atoms with van der Waals surface area (Å²) in [5.41, 5.74) is -3.54. The Morgan fingerprint density at radius 1 is 1.04 bits per heavy atom. The van der Waals surface area contributed by atoms with E-state index >= 15 is 0 Å². The van der Waals surface area contributed by atoms with Gasteiger partial charge in [-0.25, -0.2) is 0 Å². The molecule has 0 aliphatic carbocycles. The highest BCUT2D eigenvalue weighted by Crippen LogP contribution is 2.36. The number of likely N-dealkylation sites (tertiary alicyclic amines) is 1. The average molecular weight is 405 g/mol. The van der Waals surface area contributed by atoms with Crippen LogP contribution in [0.1, 0.15) is 34.3 Å². The third-order valence-corrected chi connectivity index (χ3v) is 4.23. The molecule has 10 heteroatoms. The average Bonchev–Trinajstić information content (AvgIpc) is 2.53. The number of carbonyl (C=O) groups excluding carboxylic acids is 1. The van der Waals surface area contributed by atoms with Crippen LogP contribution in [0.2, 0.25) is 0 Å². The maximum atomic E-state index is 12.9. The largest absolute Gasteiger partial charge is 0.416 e. The molecule has 1 fully saturated rings. The van der Waals surface area contributed by atoms with Gasteiger partial charge in [0.05, 0.1) is 11.1 Å². The summed E-state index contributed by atoms with van der Waals surface area (Å²) in [6, 6.07) is 0.991. The highest BCUT2D eigenvalue weighted by molar-refractivity contribution is 5.94. The molecule has 0 aromatic heterocycles. The summed E-state index contributed by atoms with van der Waals surface area (Å²) in [7, 11) is 1.79. The molecular weight excluding hydrogens is 386 g/mol. The van der Waals surface area contributed by atoms with Crippen LogP contribution in [0, 0.1) is 5.92 Å². The second-order valence-electron chi connectivity index (χ2n) is 6.09. The summed E-state index contributed by atoms with van der Waals surface area (Å²) in [6.07, 6.45) is -8.62. The Balaban J connectivity index is 0.00000338. The normalized spacial score (nSPS) is 16.3. The first kappa shape index (κ1) is 22.6. The van der Waals surface area contributed by atoms with E-state index in [0.717, 1.165) is 6.54 Å². The number of hydrogen-bond donors (Lipinski definition) is 1. The van der Waals surface area contributed by atoms with E-state index < -0.39 is 35.0 Å². The maximum Gasteiger partial charge on any atom is 0.416 e. The summed E-state index contributed by atoms with van der Waals surface area (Å²) in [4.78, 5) is 13.7. The Morgan fingerprint density at radius 2 is 1.50 bits per heavy atom. The Hall–Kier alpha value is -1.48. The van der Waals surface area contributed by atoms with Gasteiger partial charge in [0, 0.05) is 18.7 Å². The Morgan fingerprint density at radius 3 is 1.88 bits per heavy atom. The van der Waals surface area contributed by atoms with E-state index in [1.165, 1.54) is 4.90 Å². The molecule has 0 atom stereocenters. The van der Waals surface area contributed by atoms with Gasteiger partial charge in [-0.3, -0.25) is 4.79 Å². The standard InChI is InChI=1S/C16H18F6N2O.ClH/c1-23-9-10-2-4-24(5-3-10)14(25)11-6-12(15(17,18)19)8-13(7-11)16(20,21)22;/h6-8,10,23H,2-5,9H2,1H3;1H. The molecule has 26 heavy (non-hydrogen) atoms. The van der Waals surface area contributed by atoms with Crippen LogP contribution in [0.5, 0.6) is 0 Å². The van der Waals surface area contributed by atoms with E-state index in [4.69, 9.17) is 0 Å². The molecule has 1 aromatic rings. The molecule has 0 unspecified atom stereocenters. The first-order valence-electron chi connectivity index (χ1n) is 7.75. The zero-order valence-corrected chi connectivity index (χ0v) is 14.7. The molecule has 0 bridgehead atoms. The van der Waals surface area contributed by atoms with Crippen molar-refractivity contribution in [1.29, 1.82) is 0 Å². The number of amides is 1. The zero-order valence-electron chi connectivity index (χ0n) is 13.9. The number of piperidine rings is 1. The summed E-state index contributed by atoms with van der Waals surface area (Å²) in [5, 5.41) is 3.01. The van der Waals surface area contributed by atoms with Crippen molar-refractivity contribution in [3.63, 3.8) is 0 Å². The van der Waals surface area contributed by atoms with Crippen molar-refractivity contribution in [2.45, 2.75) is 25.2 Å². The summed E-state index contributed by atoms with van der Waals surface area (Å²) in [6.45, 7) is 1.37. The van der Waals surface area contributed by atoms with Gasteiger partial charge in [0.25, 0.3) is 5.91 Å². The van der Waals surface area contributed by atoms with Crippen molar-refractivity contribution in [2.75, 3.05) is 26.7 Å². The number of nitrogens with zero attached hydrogens (tertiary/aromatic N) is 1. The van der Waals surface area contributed by atoms with Gasteiger partial charge >= 0.3 is 12.4 Å². The molecule has 0 radical (unpaired) electrons. The highest BCUT2D eigenvalue weighted by Gasteiger charge is 2.38. The second kappa shape index (κ2) is 8.47. The van der Waals surface area contributed by atoms with Crippen molar-refractivity contribution >= 4 is 18.3 Å². The SMILES string of the molecule is CNCC1CCN(C(=O)c2cc(C(F)(F)F)cc(C(F)(F)F)c2)CC1.Cl. The number of alkyl halides is 6. The molecule has 1 aliphatic rings. The fourth-order valence-corrected chi connectivity index (χ4v) is 2.89. The maximum absolute atomic E-state index is 12.9. The third kappa shape index (κ3) is 5.51. The molecule has 1 aliphatic heterocycles. The van der Waals surface area contributed by atoms with Crippen molar-refractivity contribution in [1.82, 2.24) is 10.2 Å². The number of hydrogen-bond acceptors (Lipinski definition) is 2. The van der Waals surface area contributed by atoms with E-state index in [-0.39, 0.29) is 18.5 Å². The summed E-state index contributed by atoms with van der Waals surface area (Å²) < 4.78 is 77.3. The summed E-state index contributed by atoms with van der Waals surface area (Å²) in [5.74, 6) is -0.471. The molecule has 0 spiro atoms. The number of rotatable bonds is 3. The Labute approximate surface area is 153 Å². The van der Waals surface area contributed by atoms with E-state index in [1.807, 2.05) is 0 Å². The number of benzene rings is 1. The van der Waals surface area contributed by atoms with Crippen LogP contribution in [-0.4, -0.2) is 37.5 Å². The first-order chi connectivity index (χ1) is 11.5. The minimum absolute atomic E-state index is 0. The van der Waals surface area contributed by atoms with Crippen LogP contribution in [0.25, 0.3) is 0 Å². The fourth-order valence-electron chi connectivity index (χ4n) is 2.89. The van der Waals surface area contributed by atoms with Crippen LogP contribution in [0.4, 0.5) is 26.3 Å². The van der Waals surface area contributed by atoms with E-state index in [1.54, 1.807) is 7.05 Å². The van der Waals surface area contributed by atoms with E-state index in [9.17, 15) is 31.1 Å². The fraction of sp³-hybridized carbons (Fsp3) is 0.562. The van der Waals surface area contributed by atoms with Crippen LogP contribution in [-0.2, 0) is 12.4 Å². The lowest BCUT2D eigenvalue weighted by atomic mass is 9.96. The van der Waals surface area contributed by atoms with Crippen LogP contribution < -0.4 is 5.32 Å². The molecule has 1 aromatic carbocycles. The van der Waals surface area contributed by atoms with Gasteiger partial charge in [-0.2, -0.15) is 26.3 Å². The molecule has 1 N–H and O–H groups in total. The van der Waals surface area contributed by atoms with Crippen molar-refractivity contribution in [3.8, 4) is 0 Å². The third-order valence-electron chi connectivity index (χ3n) is 4.23. The van der Waals surface area contributed by atoms with Gasteiger partial charge in [-0.1, -0.05) is 0 Å². The van der Waals surface area contributed by atoms with Crippen molar-refractivity contribution in [3.05, 3.63) is 34.9 Å².